The van der Waals surface area contributed by atoms with Gasteiger partial charge in [0.2, 0.25) is 11.6 Å². The maximum atomic E-state index is 15.2. The van der Waals surface area contributed by atoms with Crippen LogP contribution in [0.15, 0.2) is 90.2 Å². The molecule has 454 valence electrons. The predicted molar refractivity (Wildman–Crippen MR) is 270 cm³/mol. The average Bonchev–Trinajstić information content (AvgIpc) is 1.81. The zero-order valence-electron chi connectivity index (χ0n) is 44.8. The smallest absolute Gasteiger partial charge is 0.493 e. The van der Waals surface area contributed by atoms with E-state index in [9.17, 15) is 14.4 Å². The number of benzene rings is 2. The van der Waals surface area contributed by atoms with Crippen LogP contribution in [-0.2, 0) is 64.3 Å². The first-order chi connectivity index (χ1) is 40.3. The molecule has 0 aliphatic heterocycles. The van der Waals surface area contributed by atoms with Crippen LogP contribution in [0.4, 0.5) is 15.4 Å². The quantitative estimate of drug-likeness (QED) is 0.0110. The largest absolute Gasteiger partial charge is 0.510 e. The lowest BCUT2D eigenvalue weighted by atomic mass is 10.1. The molecule has 6 N–H and O–H groups in total. The first-order valence-electron chi connectivity index (χ1n) is 24.4. The maximum Gasteiger partial charge on any atom is 0.510 e. The fourth-order valence-electron chi connectivity index (χ4n) is 6.78. The average molecular weight is 1210 g/mol. The molecule has 0 spiro atoms. The van der Waals surface area contributed by atoms with Gasteiger partial charge in [-0.25, -0.2) is 43.2 Å². The van der Waals surface area contributed by atoms with Crippen molar-refractivity contribution in [3.05, 3.63) is 102 Å². The van der Waals surface area contributed by atoms with Crippen LogP contribution in [0.2, 0.25) is 0 Å². The Kier molecular flexibility index (Phi) is 24.9. The summed E-state index contributed by atoms with van der Waals surface area (Å²) in [5.41, 5.74) is 1.19. The van der Waals surface area contributed by atoms with Crippen molar-refractivity contribution in [1.29, 1.82) is 0 Å². The zero-order chi connectivity index (χ0) is 60.6. The molecule has 6 rings (SSSR count). The third-order valence-corrected chi connectivity index (χ3v) is 12.3. The highest BCUT2D eigenvalue weighted by Gasteiger charge is 2.39. The van der Waals surface area contributed by atoms with Crippen LogP contribution < -0.4 is 18.5 Å². The molecule has 0 saturated heterocycles. The number of carbonyl (C=O) groups excluding carboxylic acids is 3. The number of methoxy groups -OCH3 is 1. The van der Waals surface area contributed by atoms with Crippen molar-refractivity contribution in [2.24, 2.45) is 0 Å². The molecule has 84 heavy (non-hydrogen) atoms. The van der Waals surface area contributed by atoms with Gasteiger partial charge >= 0.3 is 18.3 Å². The second kappa shape index (κ2) is 32.4. The van der Waals surface area contributed by atoms with E-state index >= 15 is 8.42 Å². The Hall–Kier alpha value is -8.51. The molecule has 36 nitrogen and oxygen atoms in total. The van der Waals surface area contributed by atoms with Crippen LogP contribution in [0.5, 0.6) is 23.1 Å². The topological polar surface area (TPSA) is 435 Å². The van der Waals surface area contributed by atoms with E-state index in [4.69, 9.17) is 83.6 Å². The summed E-state index contributed by atoms with van der Waals surface area (Å²) in [7, 11) is -3.71. The number of sulfonamides is 1. The Morgan fingerprint density at radius 1 is 0.690 bits per heavy atom. The number of anilines is 1. The van der Waals surface area contributed by atoms with E-state index in [2.05, 4.69) is 45.0 Å². The van der Waals surface area contributed by atoms with Gasteiger partial charge in [-0.3, -0.25) is 36.2 Å². The number of carbonyl (C=O) groups is 3. The van der Waals surface area contributed by atoms with Crippen LogP contribution >= 0.6 is 0 Å². The van der Waals surface area contributed by atoms with Crippen molar-refractivity contribution in [3.63, 3.8) is 0 Å². The number of tetrazole rings is 1. The van der Waals surface area contributed by atoms with E-state index in [-0.39, 0.29) is 92.8 Å². The molecule has 4 aromatic heterocycles. The van der Waals surface area contributed by atoms with Crippen LogP contribution in [0.3, 0.4) is 0 Å². The highest BCUT2D eigenvalue weighted by Crippen LogP contribution is 2.45. The molecule has 2 unspecified atom stereocenters. The summed E-state index contributed by atoms with van der Waals surface area (Å²) in [6.07, 6.45) is -3.13. The van der Waals surface area contributed by atoms with Gasteiger partial charge in [-0.15, -0.1) is 5.10 Å². The minimum Gasteiger partial charge on any atom is -0.493 e. The first kappa shape index (κ1) is 64.7. The van der Waals surface area contributed by atoms with Crippen molar-refractivity contribution >= 4 is 34.1 Å². The lowest BCUT2D eigenvalue weighted by Crippen LogP contribution is -2.43. The normalized spacial score (nSPS) is 12.2. The standard InChI is InChI=1S/C47H56N12O24S/c1-30-9-14-39(49-28-30)84(69,70)56(32(3)82-47(62)77-22-18-73-20-26-79-58(65)66)43-40(83-38-8-6-5-7-37(38)71-4)44(74-23-24-75-45(60)34-12-10-33(11-13-34)29-80-59(67)68)51-41(50-43)35-15-16-48-36(27-35)42-52-53-54-55(42)31(2)81-46(61)76-21-17-72-19-25-78-57(63)64/h5-16,27-28,31-32,63-68H,17-26,29H2,1-4H3. The summed E-state index contributed by atoms with van der Waals surface area (Å²) in [5, 5.41) is 62.2. The molecular weight excluding hydrogens is 1150 g/mol. The van der Waals surface area contributed by atoms with E-state index in [0.717, 1.165) is 11.6 Å². The molecule has 0 aliphatic carbocycles. The summed E-state index contributed by atoms with van der Waals surface area (Å²) in [5.74, 6) is -2.87. The summed E-state index contributed by atoms with van der Waals surface area (Å²) in [4.78, 5) is 70.6. The van der Waals surface area contributed by atoms with Crippen LogP contribution in [0.25, 0.3) is 22.9 Å². The van der Waals surface area contributed by atoms with Crippen molar-refractivity contribution < 1.29 is 116 Å². The number of hydrogen-bond donors (Lipinski definition) is 6. The van der Waals surface area contributed by atoms with Gasteiger partial charge in [0.25, 0.3) is 15.9 Å². The number of para-hydroxylation sites is 2. The van der Waals surface area contributed by atoms with Gasteiger partial charge in [-0.1, -0.05) is 30.3 Å². The van der Waals surface area contributed by atoms with Crippen molar-refractivity contribution in [2.45, 2.75) is 44.9 Å². The van der Waals surface area contributed by atoms with Gasteiger partial charge in [-0.05, 0) is 84.8 Å². The molecule has 0 amide bonds. The molecule has 0 aliphatic rings. The van der Waals surface area contributed by atoms with Gasteiger partial charge in [0, 0.05) is 18.0 Å². The van der Waals surface area contributed by atoms with Gasteiger partial charge in [-0.2, -0.15) is 18.1 Å². The van der Waals surface area contributed by atoms with Gasteiger partial charge < -0.3 is 47.4 Å². The maximum absolute atomic E-state index is 15.2. The Morgan fingerprint density at radius 2 is 1.32 bits per heavy atom. The summed E-state index contributed by atoms with van der Waals surface area (Å²) in [6.45, 7) is 1.20. The van der Waals surface area contributed by atoms with Gasteiger partial charge in [0.15, 0.2) is 40.6 Å². The molecule has 6 aromatic rings. The SMILES string of the molecule is COc1ccccc1Oc1c(OCCOC(=O)c2ccc(CON(O)O)cc2)nc(-c2ccnc(-c3nnnn3C(C)OC(=O)OCCOCCON(O)O)c2)nc1N(C(C)OC(=O)OCCOCCON(O)O)S(=O)(=O)c1ccc(C)cn1. The number of nitrogens with zero attached hydrogens (tertiary/aromatic N) is 12. The first-order valence-corrected chi connectivity index (χ1v) is 25.9. The molecule has 0 bridgehead atoms. The molecule has 2 aromatic carbocycles. The van der Waals surface area contributed by atoms with Crippen LogP contribution in [-0.4, -0.2) is 194 Å². The molecule has 0 radical (unpaired) electrons. The Bertz CT molecular complexity index is 3170. The number of aryl methyl sites for hydroxylation is 1. The minimum atomic E-state index is -5.05. The Labute approximate surface area is 475 Å². The number of esters is 1. The van der Waals surface area contributed by atoms with Crippen molar-refractivity contribution in [1.82, 2.24) is 56.3 Å². The Morgan fingerprint density at radius 3 is 1.95 bits per heavy atom. The van der Waals surface area contributed by atoms with Crippen molar-refractivity contribution in [2.75, 3.05) is 77.5 Å². The van der Waals surface area contributed by atoms with E-state index in [1.165, 1.54) is 87.1 Å². The monoisotopic (exact) mass is 1200 g/mol. The number of aromatic nitrogens is 8. The lowest BCUT2D eigenvalue weighted by Gasteiger charge is -2.30. The molecular formula is C47H56N12O24S. The molecule has 4 heterocycles. The molecule has 0 fully saturated rings. The highest BCUT2D eigenvalue weighted by atomic mass is 32.2. The summed E-state index contributed by atoms with van der Waals surface area (Å²) >= 11 is 0. The number of rotatable bonds is 34. The van der Waals surface area contributed by atoms with E-state index in [1.54, 1.807) is 19.1 Å². The molecule has 37 heteroatoms. The minimum absolute atomic E-state index is 0.00696. The van der Waals surface area contributed by atoms with Gasteiger partial charge in [0.1, 0.15) is 32.1 Å². The van der Waals surface area contributed by atoms with E-state index in [1.807, 2.05) is 0 Å². The number of ether oxygens (including phenoxy) is 10. The fraction of sp³-hybridized carbons (Fsp3) is 0.362. The highest BCUT2D eigenvalue weighted by molar-refractivity contribution is 7.92. The Balaban J connectivity index is 1.41. The van der Waals surface area contributed by atoms with E-state index < -0.39 is 99.2 Å². The zero-order valence-corrected chi connectivity index (χ0v) is 45.6. The third-order valence-electron chi connectivity index (χ3n) is 10.5. The molecule has 0 saturated carbocycles. The molecule has 2 atom stereocenters. The summed E-state index contributed by atoms with van der Waals surface area (Å²) in [6, 6.07) is 17.3. The van der Waals surface area contributed by atoms with Gasteiger partial charge in [0.05, 0.1) is 75.1 Å². The lowest BCUT2D eigenvalue weighted by molar-refractivity contribution is -0.497. The van der Waals surface area contributed by atoms with Crippen LogP contribution in [0, 0.1) is 6.92 Å². The van der Waals surface area contributed by atoms with E-state index in [0.29, 0.717) is 15.4 Å². The summed E-state index contributed by atoms with van der Waals surface area (Å²) < 4.78 is 87.4. The predicted octanol–water partition coefficient (Wildman–Crippen LogP) is 3.87. The second-order valence-electron chi connectivity index (χ2n) is 16.3. The van der Waals surface area contributed by atoms with Crippen LogP contribution in [0.1, 0.15) is 41.6 Å². The van der Waals surface area contributed by atoms with Crippen molar-refractivity contribution in [3.8, 4) is 46.0 Å². The number of hydrogen-bond acceptors (Lipinski definition) is 34. The third kappa shape index (κ3) is 19.6. The number of pyridine rings is 2. The fourth-order valence-corrected chi connectivity index (χ4v) is 8.20. The second-order valence-corrected chi connectivity index (χ2v) is 18.1.